The lowest BCUT2D eigenvalue weighted by Crippen LogP contribution is -2.32. The average molecular weight is 532 g/mol. The van der Waals surface area contributed by atoms with Crippen LogP contribution in [0.25, 0.3) is 22.4 Å². The van der Waals surface area contributed by atoms with Crippen LogP contribution in [0.2, 0.25) is 0 Å². The van der Waals surface area contributed by atoms with Gasteiger partial charge in [0.1, 0.15) is 10.8 Å². The number of hydrogen-bond donors (Lipinski definition) is 2. The summed E-state index contributed by atoms with van der Waals surface area (Å²) in [4.78, 5) is 48.1. The molecule has 2 aromatic heterocycles. The van der Waals surface area contributed by atoms with Crippen LogP contribution >= 0.6 is 11.3 Å². The summed E-state index contributed by atoms with van der Waals surface area (Å²) in [5.74, 6) is -0.546. The maximum Gasteiger partial charge on any atom is 0.341 e. The Labute approximate surface area is 224 Å². The molecule has 1 aliphatic carbocycles. The molecular weight excluding hydrogens is 502 g/mol. The quantitative estimate of drug-likeness (QED) is 0.293. The average Bonchev–Trinajstić information content (AvgIpc) is 3.51. The number of nitrogens with zero attached hydrogens (tertiary/aromatic N) is 1. The minimum absolute atomic E-state index is 0.264. The highest BCUT2D eigenvalue weighted by atomic mass is 32.1. The largest absolute Gasteiger partial charge is 0.465 e. The van der Waals surface area contributed by atoms with E-state index in [1.807, 2.05) is 30.3 Å². The Balaban J connectivity index is 1.38. The lowest BCUT2D eigenvalue weighted by Gasteiger charge is -2.18. The number of benzene rings is 2. The summed E-state index contributed by atoms with van der Waals surface area (Å²) in [6.07, 6.45) is 1.80. The molecule has 1 aliphatic rings. The van der Waals surface area contributed by atoms with Gasteiger partial charge < -0.3 is 19.8 Å². The Morgan fingerprint density at radius 1 is 1.13 bits per heavy atom. The summed E-state index contributed by atoms with van der Waals surface area (Å²) in [5.41, 5.74) is 3.87. The monoisotopic (exact) mass is 531 g/mol. The summed E-state index contributed by atoms with van der Waals surface area (Å²) < 4.78 is 10.7. The van der Waals surface area contributed by atoms with Crippen molar-refractivity contribution in [1.82, 2.24) is 9.97 Å². The SMILES string of the molecule is CCC(OC(=O)c1ccccc1-c1nc2ccccc2[nH]1)C(=O)Nc1sc2c(c1C(=O)OC)CCC(C)C2. The predicted octanol–water partition coefficient (Wildman–Crippen LogP) is 5.78. The minimum Gasteiger partial charge on any atom is -0.465 e. The predicted molar refractivity (Wildman–Crippen MR) is 147 cm³/mol. The highest BCUT2D eigenvalue weighted by Crippen LogP contribution is 2.40. The lowest BCUT2D eigenvalue weighted by atomic mass is 9.88. The molecule has 9 heteroatoms. The number of aromatic amines is 1. The fourth-order valence-electron chi connectivity index (χ4n) is 4.81. The fraction of sp³-hybridized carbons (Fsp3) is 0.310. The van der Waals surface area contributed by atoms with Gasteiger partial charge in [-0.2, -0.15) is 0 Å². The van der Waals surface area contributed by atoms with Crippen LogP contribution in [0.15, 0.2) is 48.5 Å². The van der Waals surface area contributed by atoms with Crippen molar-refractivity contribution in [2.75, 3.05) is 12.4 Å². The Hall–Kier alpha value is -3.98. The van der Waals surface area contributed by atoms with Crippen molar-refractivity contribution in [3.05, 3.63) is 70.1 Å². The molecule has 2 heterocycles. The molecule has 38 heavy (non-hydrogen) atoms. The minimum atomic E-state index is -1.05. The first-order valence-corrected chi connectivity index (χ1v) is 13.5. The van der Waals surface area contributed by atoms with Crippen molar-refractivity contribution in [3.63, 3.8) is 0 Å². The van der Waals surface area contributed by atoms with Crippen molar-refractivity contribution in [1.29, 1.82) is 0 Å². The number of H-pyrrole nitrogens is 1. The first-order chi connectivity index (χ1) is 18.4. The molecule has 0 spiro atoms. The van der Waals surface area contributed by atoms with Gasteiger partial charge in [-0.3, -0.25) is 4.79 Å². The van der Waals surface area contributed by atoms with Crippen LogP contribution in [-0.2, 0) is 27.1 Å². The number of fused-ring (bicyclic) bond motifs is 2. The van der Waals surface area contributed by atoms with Gasteiger partial charge in [-0.15, -0.1) is 11.3 Å². The second-order valence-electron chi connectivity index (χ2n) is 9.49. The number of rotatable bonds is 7. The van der Waals surface area contributed by atoms with E-state index in [1.165, 1.54) is 18.4 Å². The molecule has 0 saturated carbocycles. The molecule has 196 valence electrons. The normalized spacial score (nSPS) is 15.5. The molecule has 0 fully saturated rings. The highest BCUT2D eigenvalue weighted by molar-refractivity contribution is 7.17. The Kier molecular flexibility index (Phi) is 7.28. The number of carbonyl (C=O) groups is 3. The molecule has 1 amide bonds. The van der Waals surface area contributed by atoms with Gasteiger partial charge in [0.2, 0.25) is 0 Å². The van der Waals surface area contributed by atoms with E-state index < -0.39 is 23.9 Å². The molecule has 0 saturated heterocycles. The standard InChI is InChI=1S/C29H29N3O5S/c1-4-22(26(33)32-27-24(29(35)36-3)19-14-13-16(2)15-23(19)38-27)37-28(34)18-10-6-5-9-17(18)25-30-20-11-7-8-12-21(20)31-25/h5-12,16,22H,4,13-15H2,1-3H3,(H,30,31)(H,32,33). The van der Waals surface area contributed by atoms with Crippen LogP contribution in [0.5, 0.6) is 0 Å². The van der Waals surface area contributed by atoms with Crippen molar-refractivity contribution in [3.8, 4) is 11.4 Å². The molecule has 4 aromatic rings. The van der Waals surface area contributed by atoms with Crippen LogP contribution < -0.4 is 5.32 Å². The Morgan fingerprint density at radius 2 is 1.89 bits per heavy atom. The third-order valence-corrected chi connectivity index (χ3v) is 8.01. The summed E-state index contributed by atoms with van der Waals surface area (Å²) in [7, 11) is 1.33. The topological polar surface area (TPSA) is 110 Å². The molecule has 0 bridgehead atoms. The van der Waals surface area contributed by atoms with E-state index in [2.05, 4.69) is 22.2 Å². The second kappa shape index (κ2) is 10.8. The van der Waals surface area contributed by atoms with Crippen molar-refractivity contribution >= 4 is 45.2 Å². The van der Waals surface area contributed by atoms with Crippen molar-refractivity contribution < 1.29 is 23.9 Å². The van der Waals surface area contributed by atoms with E-state index in [4.69, 9.17) is 9.47 Å². The zero-order chi connectivity index (χ0) is 26.8. The number of thiophene rings is 1. The van der Waals surface area contributed by atoms with Crippen molar-refractivity contribution in [2.45, 2.75) is 45.6 Å². The number of imidazole rings is 1. The number of para-hydroxylation sites is 2. The molecular formula is C29H29N3O5S. The highest BCUT2D eigenvalue weighted by Gasteiger charge is 2.31. The van der Waals surface area contributed by atoms with E-state index in [0.29, 0.717) is 33.4 Å². The zero-order valence-electron chi connectivity index (χ0n) is 21.5. The van der Waals surface area contributed by atoms with Gasteiger partial charge in [0, 0.05) is 10.4 Å². The van der Waals surface area contributed by atoms with E-state index >= 15 is 0 Å². The van der Waals surface area contributed by atoms with E-state index in [1.54, 1.807) is 25.1 Å². The van der Waals surface area contributed by atoms with Gasteiger partial charge in [-0.25, -0.2) is 14.6 Å². The zero-order valence-corrected chi connectivity index (χ0v) is 22.3. The molecule has 0 radical (unpaired) electrons. The molecule has 8 nitrogen and oxygen atoms in total. The molecule has 2 unspecified atom stereocenters. The number of ether oxygens (including phenoxy) is 2. The van der Waals surface area contributed by atoms with E-state index in [9.17, 15) is 14.4 Å². The number of methoxy groups -OCH3 is 1. The van der Waals surface area contributed by atoms with E-state index in [-0.39, 0.29) is 6.42 Å². The number of esters is 2. The molecule has 2 aromatic carbocycles. The first-order valence-electron chi connectivity index (χ1n) is 12.7. The maximum atomic E-state index is 13.3. The summed E-state index contributed by atoms with van der Waals surface area (Å²) in [6, 6.07) is 14.6. The summed E-state index contributed by atoms with van der Waals surface area (Å²) >= 11 is 1.40. The molecule has 2 N–H and O–H groups in total. The van der Waals surface area contributed by atoms with Crippen molar-refractivity contribution in [2.24, 2.45) is 5.92 Å². The third kappa shape index (κ3) is 4.93. The smallest absolute Gasteiger partial charge is 0.341 e. The molecule has 2 atom stereocenters. The van der Waals surface area contributed by atoms with Crippen LogP contribution in [-0.4, -0.2) is 41.0 Å². The Bertz CT molecular complexity index is 1490. The van der Waals surface area contributed by atoms with Crippen LogP contribution in [0.4, 0.5) is 5.00 Å². The van der Waals surface area contributed by atoms with Gasteiger partial charge in [0.25, 0.3) is 5.91 Å². The first kappa shape index (κ1) is 25.7. The Morgan fingerprint density at radius 3 is 2.66 bits per heavy atom. The summed E-state index contributed by atoms with van der Waals surface area (Å²) in [5, 5.41) is 3.30. The molecule has 0 aliphatic heterocycles. The van der Waals surface area contributed by atoms with Crippen LogP contribution in [0.3, 0.4) is 0 Å². The van der Waals surface area contributed by atoms with Gasteiger partial charge >= 0.3 is 11.9 Å². The third-order valence-electron chi connectivity index (χ3n) is 6.84. The van der Waals surface area contributed by atoms with Gasteiger partial charge in [0.15, 0.2) is 6.10 Å². The number of nitrogens with one attached hydrogen (secondary N) is 2. The maximum absolute atomic E-state index is 13.3. The van der Waals surface area contributed by atoms with Gasteiger partial charge in [-0.05, 0) is 55.4 Å². The van der Waals surface area contributed by atoms with Gasteiger partial charge in [0.05, 0.1) is 29.3 Å². The van der Waals surface area contributed by atoms with E-state index in [0.717, 1.165) is 40.7 Å². The summed E-state index contributed by atoms with van der Waals surface area (Å²) in [6.45, 7) is 3.94. The lowest BCUT2D eigenvalue weighted by molar-refractivity contribution is -0.124. The number of carbonyl (C=O) groups excluding carboxylic acids is 3. The van der Waals surface area contributed by atoms with Crippen LogP contribution in [0, 0.1) is 5.92 Å². The second-order valence-corrected chi connectivity index (χ2v) is 10.6. The molecule has 5 rings (SSSR count). The number of amides is 1. The van der Waals surface area contributed by atoms with Gasteiger partial charge in [-0.1, -0.05) is 44.2 Å². The number of anilines is 1. The number of hydrogen-bond acceptors (Lipinski definition) is 7. The van der Waals surface area contributed by atoms with Crippen LogP contribution in [0.1, 0.15) is 57.8 Å². The number of aromatic nitrogens is 2. The fourth-order valence-corrected chi connectivity index (χ4v) is 6.21.